The predicted octanol–water partition coefficient (Wildman–Crippen LogP) is 2.52. The monoisotopic (exact) mass is 407 g/mol. The molecule has 0 bridgehead atoms. The van der Waals surface area contributed by atoms with E-state index in [-0.39, 0.29) is 12.1 Å². The lowest BCUT2D eigenvalue weighted by molar-refractivity contribution is 0.159. The molecule has 1 amide bonds. The van der Waals surface area contributed by atoms with E-state index < -0.39 is 10.0 Å². The summed E-state index contributed by atoms with van der Waals surface area (Å²) in [6, 6.07) is 5.75. The number of sulfonamides is 1. The molecular formula is C18H21N3O4S2. The van der Waals surface area contributed by atoms with Gasteiger partial charge >= 0.3 is 6.09 Å². The van der Waals surface area contributed by atoms with Crippen LogP contribution < -0.4 is 4.31 Å². The third kappa shape index (κ3) is 3.53. The Hall–Kier alpha value is -2.13. The molecule has 0 saturated carbocycles. The molecule has 1 aromatic carbocycles. The van der Waals surface area contributed by atoms with E-state index >= 15 is 0 Å². The van der Waals surface area contributed by atoms with Gasteiger partial charge in [-0.15, -0.1) is 11.3 Å². The minimum absolute atomic E-state index is 0.0727. The third-order valence-corrected chi connectivity index (χ3v) is 7.06. The Morgan fingerprint density at radius 2 is 2.19 bits per heavy atom. The van der Waals surface area contributed by atoms with Gasteiger partial charge in [0.05, 0.1) is 29.2 Å². The van der Waals surface area contributed by atoms with Crippen molar-refractivity contribution in [3.63, 3.8) is 0 Å². The Labute approximate surface area is 162 Å². The molecule has 9 heteroatoms. The van der Waals surface area contributed by atoms with Gasteiger partial charge in [0, 0.05) is 30.0 Å². The van der Waals surface area contributed by atoms with Gasteiger partial charge < -0.3 is 9.64 Å². The first-order chi connectivity index (χ1) is 12.8. The zero-order valence-electron chi connectivity index (χ0n) is 15.2. The van der Waals surface area contributed by atoms with Crippen molar-refractivity contribution in [3.05, 3.63) is 34.2 Å². The Bertz CT molecular complexity index is 986. The predicted molar refractivity (Wildman–Crippen MR) is 105 cm³/mol. The average molecular weight is 408 g/mol. The maximum absolute atomic E-state index is 12.0. The van der Waals surface area contributed by atoms with Gasteiger partial charge in [-0.2, -0.15) is 0 Å². The van der Waals surface area contributed by atoms with E-state index in [0.717, 1.165) is 27.5 Å². The largest absolute Gasteiger partial charge is 0.448 e. The number of nitrogens with zero attached hydrogens (tertiary/aromatic N) is 3. The van der Waals surface area contributed by atoms with Gasteiger partial charge in [0.15, 0.2) is 0 Å². The fraction of sp³-hybridized carbons (Fsp3) is 0.444. The van der Waals surface area contributed by atoms with E-state index in [2.05, 4.69) is 4.98 Å². The number of fused-ring (bicyclic) bond motifs is 1. The van der Waals surface area contributed by atoms with Crippen molar-refractivity contribution in [3.8, 4) is 11.3 Å². The number of benzene rings is 1. The highest BCUT2D eigenvalue weighted by atomic mass is 32.2. The SMILES string of the molecule is CC1Cc2cc(-c3csc(CCN4CCOC4=O)n3)ccc2N1S(C)(=O)=O. The van der Waals surface area contributed by atoms with Crippen LogP contribution in [-0.4, -0.2) is 56.4 Å². The lowest BCUT2D eigenvalue weighted by atomic mass is 10.1. The molecule has 0 aliphatic carbocycles. The maximum atomic E-state index is 12.0. The average Bonchev–Trinajstić information content (AvgIpc) is 3.29. The van der Waals surface area contributed by atoms with Crippen LogP contribution in [0.3, 0.4) is 0 Å². The maximum Gasteiger partial charge on any atom is 0.409 e. The molecule has 0 spiro atoms. The highest BCUT2D eigenvalue weighted by Crippen LogP contribution is 2.37. The van der Waals surface area contributed by atoms with Crippen molar-refractivity contribution in [2.24, 2.45) is 0 Å². The van der Waals surface area contributed by atoms with Crippen molar-refractivity contribution >= 4 is 33.1 Å². The first kappa shape index (κ1) is 18.2. The van der Waals surface area contributed by atoms with Gasteiger partial charge in [-0.3, -0.25) is 4.31 Å². The summed E-state index contributed by atoms with van der Waals surface area (Å²) in [7, 11) is -3.28. The molecular weight excluding hydrogens is 386 g/mol. The highest BCUT2D eigenvalue weighted by Gasteiger charge is 2.32. The second-order valence-corrected chi connectivity index (χ2v) is 9.74. The molecule has 2 aliphatic rings. The van der Waals surface area contributed by atoms with Crippen molar-refractivity contribution in [1.82, 2.24) is 9.88 Å². The highest BCUT2D eigenvalue weighted by molar-refractivity contribution is 7.92. The van der Waals surface area contributed by atoms with E-state index in [0.29, 0.717) is 32.5 Å². The molecule has 3 heterocycles. The smallest absolute Gasteiger partial charge is 0.409 e. The van der Waals surface area contributed by atoms with Crippen molar-refractivity contribution in [2.75, 3.05) is 30.3 Å². The van der Waals surface area contributed by atoms with Gasteiger partial charge in [0.1, 0.15) is 6.61 Å². The summed E-state index contributed by atoms with van der Waals surface area (Å²) in [5.74, 6) is 0. The number of cyclic esters (lactones) is 1. The molecule has 1 fully saturated rings. The van der Waals surface area contributed by atoms with Gasteiger partial charge in [-0.1, -0.05) is 6.07 Å². The van der Waals surface area contributed by atoms with Gasteiger partial charge in [0.25, 0.3) is 0 Å². The zero-order chi connectivity index (χ0) is 19.2. The van der Waals surface area contributed by atoms with Gasteiger partial charge in [-0.05, 0) is 31.0 Å². The van der Waals surface area contributed by atoms with E-state index in [1.54, 1.807) is 16.2 Å². The molecule has 2 aromatic rings. The number of hydrogen-bond acceptors (Lipinski definition) is 6. The fourth-order valence-electron chi connectivity index (χ4n) is 3.69. The summed E-state index contributed by atoms with van der Waals surface area (Å²) < 4.78 is 30.5. The van der Waals surface area contributed by atoms with Crippen LogP contribution in [0.4, 0.5) is 10.5 Å². The van der Waals surface area contributed by atoms with E-state index in [1.807, 2.05) is 30.5 Å². The molecule has 4 rings (SSSR count). The molecule has 144 valence electrons. The number of carbonyl (C=O) groups is 1. The van der Waals surface area contributed by atoms with Crippen molar-refractivity contribution in [1.29, 1.82) is 0 Å². The minimum Gasteiger partial charge on any atom is -0.448 e. The number of ether oxygens (including phenoxy) is 1. The van der Waals surface area contributed by atoms with Crippen molar-refractivity contribution < 1.29 is 17.9 Å². The van der Waals surface area contributed by atoms with Crippen LogP contribution in [0.25, 0.3) is 11.3 Å². The second-order valence-electron chi connectivity index (χ2n) is 6.93. The van der Waals surface area contributed by atoms with Crippen LogP contribution in [0.1, 0.15) is 17.5 Å². The minimum atomic E-state index is -3.28. The Morgan fingerprint density at radius 3 is 2.89 bits per heavy atom. The molecule has 1 unspecified atom stereocenters. The number of hydrogen-bond donors (Lipinski definition) is 0. The fourth-order valence-corrected chi connectivity index (χ4v) is 5.75. The molecule has 1 saturated heterocycles. The number of carbonyl (C=O) groups excluding carboxylic acids is 1. The first-order valence-corrected chi connectivity index (χ1v) is 11.5. The number of rotatable bonds is 5. The topological polar surface area (TPSA) is 79.8 Å². The summed E-state index contributed by atoms with van der Waals surface area (Å²) in [5, 5.41) is 2.97. The molecule has 1 aromatic heterocycles. The Kier molecular flexibility index (Phi) is 4.59. The van der Waals surface area contributed by atoms with Crippen molar-refractivity contribution in [2.45, 2.75) is 25.8 Å². The molecule has 1 atom stereocenters. The summed E-state index contributed by atoms with van der Waals surface area (Å²) >= 11 is 1.57. The van der Waals surface area contributed by atoms with E-state index in [1.165, 1.54) is 10.6 Å². The number of anilines is 1. The summed E-state index contributed by atoms with van der Waals surface area (Å²) in [4.78, 5) is 17.9. The van der Waals surface area contributed by atoms with Crippen LogP contribution in [-0.2, 0) is 27.6 Å². The normalized spacial score (nSPS) is 19.5. The Morgan fingerprint density at radius 1 is 1.37 bits per heavy atom. The quantitative estimate of drug-likeness (QED) is 0.761. The van der Waals surface area contributed by atoms with Crippen LogP contribution in [0.2, 0.25) is 0 Å². The third-order valence-electron chi connectivity index (χ3n) is 4.88. The van der Waals surface area contributed by atoms with Crippen LogP contribution in [0, 0.1) is 0 Å². The molecule has 0 radical (unpaired) electrons. The molecule has 7 nitrogen and oxygen atoms in total. The van der Waals surface area contributed by atoms with Crippen LogP contribution in [0.15, 0.2) is 23.6 Å². The summed E-state index contributed by atoms with van der Waals surface area (Å²) in [5.41, 5.74) is 3.66. The van der Waals surface area contributed by atoms with E-state index in [9.17, 15) is 13.2 Å². The zero-order valence-corrected chi connectivity index (χ0v) is 16.8. The van der Waals surface area contributed by atoms with Crippen LogP contribution >= 0.6 is 11.3 Å². The Balaban J connectivity index is 1.51. The lowest BCUT2D eigenvalue weighted by Gasteiger charge is -2.21. The molecule has 27 heavy (non-hydrogen) atoms. The lowest BCUT2D eigenvalue weighted by Crippen LogP contribution is -2.34. The summed E-state index contributed by atoms with van der Waals surface area (Å²) in [6.45, 7) is 3.62. The second kappa shape index (κ2) is 6.79. The molecule has 2 aliphatic heterocycles. The number of aromatic nitrogens is 1. The standard InChI is InChI=1S/C18H21N3O4S2/c1-12-9-14-10-13(3-4-16(14)21(12)27(2,23)24)15-11-26-17(19-15)5-6-20-7-8-25-18(20)22/h3-4,10-12H,5-9H2,1-2H3. The first-order valence-electron chi connectivity index (χ1n) is 8.82. The molecule has 0 N–H and O–H groups in total. The van der Waals surface area contributed by atoms with Gasteiger partial charge in [0.2, 0.25) is 10.0 Å². The van der Waals surface area contributed by atoms with E-state index in [4.69, 9.17) is 4.74 Å². The van der Waals surface area contributed by atoms with Gasteiger partial charge in [-0.25, -0.2) is 18.2 Å². The van der Waals surface area contributed by atoms with Crippen LogP contribution in [0.5, 0.6) is 0 Å². The number of amides is 1. The number of thiazole rings is 1. The summed E-state index contributed by atoms with van der Waals surface area (Å²) in [6.07, 6.45) is 2.39.